The van der Waals surface area contributed by atoms with Crippen molar-refractivity contribution in [3.05, 3.63) is 0 Å². The summed E-state index contributed by atoms with van der Waals surface area (Å²) in [7, 11) is 0. The van der Waals surface area contributed by atoms with Crippen LogP contribution in [-0.4, -0.2) is 29.6 Å². The Bertz CT molecular complexity index is 189. The first-order chi connectivity index (χ1) is 6.63. The lowest BCUT2D eigenvalue weighted by Crippen LogP contribution is -2.30. The molecule has 1 N–H and O–H groups in total. The zero-order chi connectivity index (χ0) is 11.0. The first-order valence-electron chi connectivity index (χ1n) is 5.02. The highest BCUT2D eigenvalue weighted by molar-refractivity contribution is 6.35. The largest absolute Gasteiger partial charge is 0.460 e. The molecule has 0 amide bonds. The highest BCUT2D eigenvalue weighted by Gasteiger charge is 2.23. The number of ketones is 1. The molecule has 4 heteroatoms. The zero-order valence-corrected chi connectivity index (χ0v) is 8.78. The second-order valence-corrected chi connectivity index (χ2v) is 3.16. The molecule has 0 aromatic rings. The van der Waals surface area contributed by atoms with E-state index in [1.807, 2.05) is 13.8 Å². The van der Waals surface area contributed by atoms with Crippen molar-refractivity contribution in [3.8, 4) is 0 Å². The van der Waals surface area contributed by atoms with Gasteiger partial charge in [-0.05, 0) is 12.8 Å². The van der Waals surface area contributed by atoms with Crippen LogP contribution in [0.15, 0.2) is 0 Å². The Labute approximate surface area is 84.3 Å². The molecular weight excluding hydrogens is 184 g/mol. The van der Waals surface area contributed by atoms with E-state index in [4.69, 9.17) is 0 Å². The van der Waals surface area contributed by atoms with Crippen LogP contribution in [0.25, 0.3) is 0 Å². The molecule has 0 fully saturated rings. The number of rotatable bonds is 7. The van der Waals surface area contributed by atoms with Crippen molar-refractivity contribution in [1.82, 2.24) is 0 Å². The Morgan fingerprint density at radius 3 is 2.43 bits per heavy atom. The molecule has 0 aliphatic carbocycles. The van der Waals surface area contributed by atoms with Gasteiger partial charge in [-0.3, -0.25) is 4.79 Å². The Morgan fingerprint density at radius 2 is 1.93 bits per heavy atom. The number of hydrogen-bond acceptors (Lipinski definition) is 4. The quantitative estimate of drug-likeness (QED) is 0.381. The van der Waals surface area contributed by atoms with Crippen LogP contribution in [0.4, 0.5) is 0 Å². The van der Waals surface area contributed by atoms with Gasteiger partial charge in [0.15, 0.2) is 0 Å². The first kappa shape index (κ1) is 13.1. The highest BCUT2D eigenvalue weighted by Crippen LogP contribution is 1.99. The number of hydrogen-bond donors (Lipinski definition) is 1. The second kappa shape index (κ2) is 7.50. The molecule has 0 aliphatic rings. The van der Waals surface area contributed by atoms with Gasteiger partial charge in [-0.1, -0.05) is 26.7 Å². The van der Waals surface area contributed by atoms with E-state index >= 15 is 0 Å². The van der Waals surface area contributed by atoms with E-state index < -0.39 is 17.9 Å². The third kappa shape index (κ3) is 4.97. The number of esters is 1. The van der Waals surface area contributed by atoms with Gasteiger partial charge in [0.1, 0.15) is 6.10 Å². The number of carbonyl (C=O) groups is 2. The smallest absolute Gasteiger partial charge is 0.377 e. The Hall–Kier alpha value is -0.900. The van der Waals surface area contributed by atoms with Crippen LogP contribution >= 0.6 is 0 Å². The summed E-state index contributed by atoms with van der Waals surface area (Å²) in [5, 5.41) is 9.19. The summed E-state index contributed by atoms with van der Waals surface area (Å²) >= 11 is 0. The van der Waals surface area contributed by atoms with Gasteiger partial charge in [-0.2, -0.15) is 0 Å². The average Bonchev–Trinajstić information content (AvgIpc) is 2.17. The highest BCUT2D eigenvalue weighted by atomic mass is 16.5. The summed E-state index contributed by atoms with van der Waals surface area (Å²) in [6.07, 6.45) is 1.41. The molecule has 1 unspecified atom stereocenters. The predicted octanol–water partition coefficient (Wildman–Crippen LogP) is 1.06. The van der Waals surface area contributed by atoms with E-state index in [0.29, 0.717) is 12.8 Å². The van der Waals surface area contributed by atoms with Gasteiger partial charge in [-0.15, -0.1) is 0 Å². The predicted molar refractivity (Wildman–Crippen MR) is 51.8 cm³/mol. The molecule has 82 valence electrons. The number of unbranched alkanes of at least 4 members (excludes halogenated alkanes) is 1. The minimum absolute atomic E-state index is 0.250. The number of Topliss-reactive ketones (excluding diaryl/α,β-unsaturated/α-hetero) is 1. The van der Waals surface area contributed by atoms with Crippen LogP contribution in [0.5, 0.6) is 0 Å². The number of aliphatic hydroxyl groups is 1. The molecule has 0 saturated heterocycles. The monoisotopic (exact) mass is 202 g/mol. The van der Waals surface area contributed by atoms with E-state index in [0.717, 1.165) is 12.8 Å². The van der Waals surface area contributed by atoms with Gasteiger partial charge < -0.3 is 9.84 Å². The molecular formula is C10H18O4. The molecule has 0 aromatic heterocycles. The van der Waals surface area contributed by atoms with Crippen molar-refractivity contribution >= 4 is 11.8 Å². The maximum absolute atomic E-state index is 11.1. The fraction of sp³-hybridized carbons (Fsp3) is 0.800. The molecule has 1 atom stereocenters. The first-order valence-corrected chi connectivity index (χ1v) is 5.02. The summed E-state index contributed by atoms with van der Waals surface area (Å²) in [6, 6.07) is 0. The summed E-state index contributed by atoms with van der Waals surface area (Å²) in [5.74, 6) is -1.75. The molecule has 0 spiro atoms. The minimum Gasteiger partial charge on any atom is -0.460 e. The zero-order valence-electron chi connectivity index (χ0n) is 8.78. The molecule has 4 nitrogen and oxygen atoms in total. The molecule has 0 bridgehead atoms. The van der Waals surface area contributed by atoms with Crippen molar-refractivity contribution in [2.45, 2.75) is 45.6 Å². The Morgan fingerprint density at radius 1 is 1.29 bits per heavy atom. The van der Waals surface area contributed by atoms with Gasteiger partial charge >= 0.3 is 5.97 Å². The van der Waals surface area contributed by atoms with Crippen LogP contribution in [0.3, 0.4) is 0 Å². The molecule has 0 saturated carbocycles. The summed E-state index contributed by atoms with van der Waals surface area (Å²) in [5.41, 5.74) is 0. The van der Waals surface area contributed by atoms with Crippen LogP contribution in [-0.2, 0) is 14.3 Å². The lowest BCUT2D eigenvalue weighted by atomic mass is 10.1. The third-order valence-electron chi connectivity index (χ3n) is 1.80. The Kier molecular flexibility index (Phi) is 7.02. The van der Waals surface area contributed by atoms with Gasteiger partial charge in [0.2, 0.25) is 0 Å². The van der Waals surface area contributed by atoms with Crippen molar-refractivity contribution < 1.29 is 19.4 Å². The molecule has 0 radical (unpaired) electrons. The molecule has 0 aliphatic heterocycles. The normalized spacial score (nSPS) is 12.2. The average molecular weight is 202 g/mol. The maximum atomic E-state index is 11.1. The summed E-state index contributed by atoms with van der Waals surface area (Å²) in [4.78, 5) is 22.1. The van der Waals surface area contributed by atoms with E-state index in [-0.39, 0.29) is 6.61 Å². The SMILES string of the molecule is CCCCOC(=O)C(=O)C(O)CCC. The maximum Gasteiger partial charge on any atom is 0.377 e. The molecule has 0 aromatic carbocycles. The fourth-order valence-corrected chi connectivity index (χ4v) is 0.921. The number of carbonyl (C=O) groups excluding carboxylic acids is 2. The molecule has 0 heterocycles. The topological polar surface area (TPSA) is 63.6 Å². The van der Waals surface area contributed by atoms with Gasteiger partial charge in [0, 0.05) is 0 Å². The van der Waals surface area contributed by atoms with E-state index in [1.54, 1.807) is 0 Å². The van der Waals surface area contributed by atoms with Crippen molar-refractivity contribution in [2.24, 2.45) is 0 Å². The number of ether oxygens (including phenoxy) is 1. The second-order valence-electron chi connectivity index (χ2n) is 3.16. The van der Waals surface area contributed by atoms with Gasteiger partial charge in [0.25, 0.3) is 5.78 Å². The van der Waals surface area contributed by atoms with Crippen molar-refractivity contribution in [2.75, 3.05) is 6.61 Å². The van der Waals surface area contributed by atoms with Crippen molar-refractivity contribution in [1.29, 1.82) is 0 Å². The summed E-state index contributed by atoms with van der Waals surface area (Å²) in [6.45, 7) is 4.04. The fourth-order valence-electron chi connectivity index (χ4n) is 0.921. The molecule has 14 heavy (non-hydrogen) atoms. The van der Waals surface area contributed by atoms with Crippen LogP contribution in [0.2, 0.25) is 0 Å². The lowest BCUT2D eigenvalue weighted by molar-refractivity contribution is -0.157. The van der Waals surface area contributed by atoms with E-state index in [9.17, 15) is 14.7 Å². The van der Waals surface area contributed by atoms with Crippen LogP contribution < -0.4 is 0 Å². The van der Waals surface area contributed by atoms with Gasteiger partial charge in [-0.25, -0.2) is 4.79 Å². The lowest BCUT2D eigenvalue weighted by Gasteiger charge is -2.07. The standard InChI is InChI=1S/C10H18O4/c1-3-5-7-14-10(13)9(12)8(11)6-4-2/h8,11H,3-7H2,1-2H3. The van der Waals surface area contributed by atoms with Crippen molar-refractivity contribution in [3.63, 3.8) is 0 Å². The van der Waals surface area contributed by atoms with Crippen LogP contribution in [0, 0.1) is 0 Å². The minimum atomic E-state index is -1.20. The number of aliphatic hydroxyl groups excluding tert-OH is 1. The van der Waals surface area contributed by atoms with E-state index in [1.165, 1.54) is 0 Å². The van der Waals surface area contributed by atoms with E-state index in [2.05, 4.69) is 4.74 Å². The Balaban J connectivity index is 3.81. The summed E-state index contributed by atoms with van der Waals surface area (Å²) < 4.78 is 4.66. The van der Waals surface area contributed by atoms with Crippen LogP contribution in [0.1, 0.15) is 39.5 Å². The molecule has 0 rings (SSSR count). The van der Waals surface area contributed by atoms with Gasteiger partial charge in [0.05, 0.1) is 6.61 Å². The third-order valence-corrected chi connectivity index (χ3v) is 1.80.